The lowest BCUT2D eigenvalue weighted by Gasteiger charge is -2.08. The van der Waals surface area contributed by atoms with Gasteiger partial charge in [0.05, 0.1) is 24.0 Å². The highest BCUT2D eigenvalue weighted by Crippen LogP contribution is 2.27. The van der Waals surface area contributed by atoms with Crippen molar-refractivity contribution < 1.29 is 9.53 Å². The van der Waals surface area contributed by atoms with E-state index < -0.39 is 0 Å². The zero-order chi connectivity index (χ0) is 13.8. The van der Waals surface area contributed by atoms with E-state index in [1.807, 2.05) is 0 Å². The Morgan fingerprint density at radius 3 is 2.79 bits per heavy atom. The number of rotatable bonds is 3. The second-order valence-electron chi connectivity index (χ2n) is 3.78. The average Bonchev–Trinajstić information content (AvgIpc) is 2.41. The van der Waals surface area contributed by atoms with E-state index in [1.165, 1.54) is 13.3 Å². The molecular weight excluding hydrogens is 266 g/mol. The summed E-state index contributed by atoms with van der Waals surface area (Å²) in [6.45, 7) is 0. The predicted octanol–water partition coefficient (Wildman–Crippen LogP) is 2.58. The molecule has 2 aromatic rings. The van der Waals surface area contributed by atoms with Gasteiger partial charge in [-0.1, -0.05) is 11.6 Å². The number of nitrogens with two attached hydrogens (primary N) is 1. The summed E-state index contributed by atoms with van der Waals surface area (Å²) in [7, 11) is 1.51. The highest BCUT2D eigenvalue weighted by atomic mass is 35.5. The molecule has 3 N–H and O–H groups in total. The zero-order valence-electron chi connectivity index (χ0n) is 10.2. The van der Waals surface area contributed by atoms with Crippen molar-refractivity contribution in [3.8, 4) is 5.75 Å². The summed E-state index contributed by atoms with van der Waals surface area (Å²) in [6.07, 6.45) is 1.43. The van der Waals surface area contributed by atoms with Gasteiger partial charge < -0.3 is 15.8 Å². The Kier molecular flexibility index (Phi) is 3.87. The molecular formula is C13H12ClN3O2. The fourth-order valence-corrected chi connectivity index (χ4v) is 1.67. The fourth-order valence-electron chi connectivity index (χ4n) is 1.47. The third-order valence-corrected chi connectivity index (χ3v) is 2.74. The molecule has 98 valence electrons. The fraction of sp³-hybridized carbons (Fsp3) is 0.0769. The normalized spacial score (nSPS) is 10.0. The van der Waals surface area contributed by atoms with E-state index in [0.717, 1.165) is 0 Å². The predicted molar refractivity (Wildman–Crippen MR) is 74.6 cm³/mol. The van der Waals surface area contributed by atoms with Gasteiger partial charge in [0.15, 0.2) is 0 Å². The van der Waals surface area contributed by atoms with E-state index >= 15 is 0 Å². The smallest absolute Gasteiger partial charge is 0.274 e. The van der Waals surface area contributed by atoms with E-state index in [9.17, 15) is 4.79 Å². The van der Waals surface area contributed by atoms with Crippen LogP contribution >= 0.6 is 11.6 Å². The van der Waals surface area contributed by atoms with Gasteiger partial charge >= 0.3 is 0 Å². The van der Waals surface area contributed by atoms with E-state index in [2.05, 4.69) is 10.3 Å². The van der Waals surface area contributed by atoms with Crippen LogP contribution in [0.2, 0.25) is 5.02 Å². The second kappa shape index (κ2) is 5.58. The Morgan fingerprint density at radius 2 is 2.16 bits per heavy atom. The Labute approximate surface area is 115 Å². The van der Waals surface area contributed by atoms with Gasteiger partial charge in [-0.05, 0) is 24.3 Å². The zero-order valence-corrected chi connectivity index (χ0v) is 10.9. The molecule has 0 fully saturated rings. The van der Waals surface area contributed by atoms with E-state index in [1.54, 1.807) is 30.3 Å². The van der Waals surface area contributed by atoms with Crippen molar-refractivity contribution in [1.82, 2.24) is 4.98 Å². The first kappa shape index (κ1) is 13.2. The number of carbonyl (C=O) groups excluding carboxylic acids is 1. The summed E-state index contributed by atoms with van der Waals surface area (Å²) in [5, 5.41) is 3.18. The molecule has 0 atom stereocenters. The number of benzene rings is 1. The highest BCUT2D eigenvalue weighted by Gasteiger charge is 2.09. The summed E-state index contributed by atoms with van der Waals surface area (Å²) < 4.78 is 5.07. The van der Waals surface area contributed by atoms with Crippen LogP contribution in [-0.2, 0) is 0 Å². The molecule has 0 aliphatic heterocycles. The van der Waals surface area contributed by atoms with Crippen LogP contribution < -0.4 is 15.8 Å². The minimum atomic E-state index is -0.329. The molecule has 0 spiro atoms. The van der Waals surface area contributed by atoms with Gasteiger partial charge in [0, 0.05) is 11.8 Å². The minimum Gasteiger partial charge on any atom is -0.495 e. The Balaban J connectivity index is 2.17. The van der Waals surface area contributed by atoms with Gasteiger partial charge in [0.2, 0.25) is 0 Å². The first-order valence-corrected chi connectivity index (χ1v) is 5.84. The molecule has 1 aromatic carbocycles. The van der Waals surface area contributed by atoms with Crippen LogP contribution in [0, 0.1) is 0 Å². The molecule has 19 heavy (non-hydrogen) atoms. The average molecular weight is 278 g/mol. The van der Waals surface area contributed by atoms with E-state index in [4.69, 9.17) is 22.1 Å². The van der Waals surface area contributed by atoms with Gasteiger partial charge in [-0.25, -0.2) is 4.98 Å². The standard InChI is InChI=1S/C13H12ClN3O2/c1-19-12-6-9(3-4-10(12)14)17-13(18)11-5-2-8(15)7-16-11/h2-7H,15H2,1H3,(H,17,18). The number of ether oxygens (including phenoxy) is 1. The number of methoxy groups -OCH3 is 1. The summed E-state index contributed by atoms with van der Waals surface area (Å²) >= 11 is 5.90. The Hall–Kier alpha value is -2.27. The number of nitrogens with one attached hydrogen (secondary N) is 1. The van der Waals surface area contributed by atoms with Crippen LogP contribution in [0.3, 0.4) is 0 Å². The topological polar surface area (TPSA) is 77.2 Å². The highest BCUT2D eigenvalue weighted by molar-refractivity contribution is 6.32. The van der Waals surface area contributed by atoms with E-state index in [-0.39, 0.29) is 11.6 Å². The largest absolute Gasteiger partial charge is 0.495 e. The summed E-state index contributed by atoms with van der Waals surface area (Å²) in [5.41, 5.74) is 6.87. The van der Waals surface area contributed by atoms with Crippen LogP contribution in [0.1, 0.15) is 10.5 Å². The number of aromatic nitrogens is 1. The molecule has 0 aliphatic rings. The monoisotopic (exact) mass is 277 g/mol. The third-order valence-electron chi connectivity index (χ3n) is 2.43. The third kappa shape index (κ3) is 3.14. The maximum Gasteiger partial charge on any atom is 0.274 e. The van der Waals surface area contributed by atoms with Crippen molar-refractivity contribution >= 4 is 28.9 Å². The van der Waals surface area contributed by atoms with Crippen molar-refractivity contribution in [2.45, 2.75) is 0 Å². The van der Waals surface area contributed by atoms with Crippen molar-refractivity contribution in [3.05, 3.63) is 47.2 Å². The Bertz CT molecular complexity index is 599. The number of pyridine rings is 1. The first-order valence-electron chi connectivity index (χ1n) is 5.46. The van der Waals surface area contributed by atoms with Gasteiger partial charge in [0.25, 0.3) is 5.91 Å². The number of nitrogen functional groups attached to an aromatic ring is 1. The van der Waals surface area contributed by atoms with Crippen LogP contribution in [0.4, 0.5) is 11.4 Å². The quantitative estimate of drug-likeness (QED) is 0.904. The Morgan fingerprint density at radius 1 is 1.37 bits per heavy atom. The maximum absolute atomic E-state index is 11.9. The molecule has 1 amide bonds. The van der Waals surface area contributed by atoms with Crippen LogP contribution in [-0.4, -0.2) is 18.0 Å². The molecule has 1 aromatic heterocycles. The lowest BCUT2D eigenvalue weighted by molar-refractivity contribution is 0.102. The number of nitrogens with zero attached hydrogens (tertiary/aromatic N) is 1. The van der Waals surface area contributed by atoms with Crippen LogP contribution in [0.5, 0.6) is 5.75 Å². The van der Waals surface area contributed by atoms with Crippen LogP contribution in [0.25, 0.3) is 0 Å². The first-order chi connectivity index (χ1) is 9.10. The number of hydrogen-bond acceptors (Lipinski definition) is 4. The molecule has 5 nitrogen and oxygen atoms in total. The SMILES string of the molecule is COc1cc(NC(=O)c2ccc(N)cn2)ccc1Cl. The van der Waals surface area contributed by atoms with Crippen molar-refractivity contribution in [1.29, 1.82) is 0 Å². The van der Waals surface area contributed by atoms with Crippen molar-refractivity contribution in [3.63, 3.8) is 0 Å². The second-order valence-corrected chi connectivity index (χ2v) is 4.19. The number of amides is 1. The lowest BCUT2D eigenvalue weighted by atomic mass is 10.2. The van der Waals surface area contributed by atoms with Gasteiger partial charge in [0.1, 0.15) is 11.4 Å². The van der Waals surface area contributed by atoms with Gasteiger partial charge in [-0.15, -0.1) is 0 Å². The molecule has 0 radical (unpaired) electrons. The summed E-state index contributed by atoms with van der Waals surface area (Å²) in [5.74, 6) is 0.161. The number of hydrogen-bond donors (Lipinski definition) is 2. The summed E-state index contributed by atoms with van der Waals surface area (Å²) in [4.78, 5) is 15.9. The van der Waals surface area contributed by atoms with Crippen molar-refractivity contribution in [2.75, 3.05) is 18.2 Å². The van der Waals surface area contributed by atoms with Crippen molar-refractivity contribution in [2.24, 2.45) is 0 Å². The lowest BCUT2D eigenvalue weighted by Crippen LogP contribution is -2.13. The van der Waals surface area contributed by atoms with Gasteiger partial charge in [-0.3, -0.25) is 4.79 Å². The summed E-state index contributed by atoms with van der Waals surface area (Å²) in [6, 6.07) is 8.13. The molecule has 2 rings (SSSR count). The molecule has 1 heterocycles. The number of anilines is 2. The molecule has 0 bridgehead atoms. The van der Waals surface area contributed by atoms with E-state index in [0.29, 0.717) is 22.1 Å². The molecule has 0 saturated heterocycles. The molecule has 0 unspecified atom stereocenters. The molecule has 0 saturated carbocycles. The minimum absolute atomic E-state index is 0.281. The number of halogens is 1. The molecule has 0 aliphatic carbocycles. The maximum atomic E-state index is 11.9. The van der Waals surface area contributed by atoms with Gasteiger partial charge in [-0.2, -0.15) is 0 Å². The number of carbonyl (C=O) groups is 1. The van der Waals surface area contributed by atoms with Crippen LogP contribution in [0.15, 0.2) is 36.5 Å². The molecule has 6 heteroatoms.